The van der Waals surface area contributed by atoms with E-state index in [-0.39, 0.29) is 24.0 Å². The van der Waals surface area contributed by atoms with Gasteiger partial charge < -0.3 is 14.8 Å². The van der Waals surface area contributed by atoms with Gasteiger partial charge in [0.15, 0.2) is 0 Å². The van der Waals surface area contributed by atoms with E-state index >= 15 is 0 Å². The van der Waals surface area contributed by atoms with Crippen molar-refractivity contribution in [3.8, 4) is 5.75 Å². The molecule has 0 saturated carbocycles. The maximum absolute atomic E-state index is 11.5. The molecule has 0 aliphatic carbocycles. The molecule has 0 aromatic heterocycles. The topological polar surface area (TPSA) is 47.6 Å². The minimum absolute atomic E-state index is 0.0207. The molecule has 0 spiro atoms. The van der Waals surface area contributed by atoms with E-state index in [0.29, 0.717) is 0 Å². The molecule has 0 aliphatic rings. The van der Waals surface area contributed by atoms with Gasteiger partial charge in [-0.2, -0.15) is 0 Å². The zero-order valence-electron chi connectivity index (χ0n) is 12.3. The molecule has 1 rings (SSSR count). The maximum atomic E-state index is 11.5. The minimum Gasteiger partial charge on any atom is -0.496 e. The molecule has 0 amide bonds. The van der Waals surface area contributed by atoms with Crippen LogP contribution in [0.5, 0.6) is 5.75 Å². The van der Waals surface area contributed by atoms with E-state index < -0.39 is 0 Å². The van der Waals surface area contributed by atoms with Crippen molar-refractivity contribution in [1.29, 1.82) is 0 Å². The van der Waals surface area contributed by atoms with Gasteiger partial charge in [0.05, 0.1) is 20.1 Å². The van der Waals surface area contributed by atoms with E-state index in [1.54, 1.807) is 7.11 Å². The fraction of sp³-hybridized carbons (Fsp3) is 0.533. The molecule has 3 atom stereocenters. The van der Waals surface area contributed by atoms with Crippen LogP contribution in [0.2, 0.25) is 0 Å². The Morgan fingerprint density at radius 3 is 2.37 bits per heavy atom. The van der Waals surface area contributed by atoms with E-state index in [1.807, 2.05) is 38.1 Å². The summed E-state index contributed by atoms with van der Waals surface area (Å²) < 4.78 is 10.1. The lowest BCUT2D eigenvalue weighted by Gasteiger charge is -2.25. The van der Waals surface area contributed by atoms with Gasteiger partial charge in [0.25, 0.3) is 0 Å². The molecule has 1 aromatic carbocycles. The smallest absolute Gasteiger partial charge is 0.309 e. The van der Waals surface area contributed by atoms with Gasteiger partial charge in [-0.15, -0.1) is 0 Å². The molecule has 0 aliphatic heterocycles. The second-order valence-electron chi connectivity index (χ2n) is 4.73. The SMILES string of the molecule is COC(=O)C(C)C(C)N[C@@H](C)c1ccccc1OC. The Morgan fingerprint density at radius 1 is 1.16 bits per heavy atom. The standard InChI is InChI=1S/C15H23NO3/c1-10(15(17)19-5)11(2)16-12(3)13-8-6-7-9-14(13)18-4/h6-12,16H,1-5H3/t10?,11?,12-/m0/s1. The molecule has 0 saturated heterocycles. The first-order valence-corrected chi connectivity index (χ1v) is 6.48. The van der Waals surface area contributed by atoms with Crippen LogP contribution in [0.15, 0.2) is 24.3 Å². The highest BCUT2D eigenvalue weighted by atomic mass is 16.5. The summed E-state index contributed by atoms with van der Waals surface area (Å²) in [5.74, 6) is 0.454. The lowest BCUT2D eigenvalue weighted by Crippen LogP contribution is -2.38. The third kappa shape index (κ3) is 3.96. The first-order valence-electron chi connectivity index (χ1n) is 6.48. The first-order chi connectivity index (χ1) is 9.01. The molecule has 0 radical (unpaired) electrons. The Kier molecular flexibility index (Phi) is 5.83. The highest BCUT2D eigenvalue weighted by Crippen LogP contribution is 2.25. The highest BCUT2D eigenvalue weighted by Gasteiger charge is 2.23. The van der Waals surface area contributed by atoms with Crippen molar-refractivity contribution in [2.45, 2.75) is 32.9 Å². The first kappa shape index (κ1) is 15.5. The molecule has 0 fully saturated rings. The fourth-order valence-electron chi connectivity index (χ4n) is 2.04. The monoisotopic (exact) mass is 265 g/mol. The molecule has 1 aromatic rings. The van der Waals surface area contributed by atoms with E-state index in [0.717, 1.165) is 11.3 Å². The molecule has 106 valence electrons. The van der Waals surface area contributed by atoms with Crippen LogP contribution in [0.25, 0.3) is 0 Å². The number of benzene rings is 1. The van der Waals surface area contributed by atoms with Crippen LogP contribution in [0.3, 0.4) is 0 Å². The largest absolute Gasteiger partial charge is 0.496 e. The summed E-state index contributed by atoms with van der Waals surface area (Å²) in [6.07, 6.45) is 0. The Balaban J connectivity index is 2.73. The van der Waals surface area contributed by atoms with Crippen LogP contribution in [0.4, 0.5) is 0 Å². The minimum atomic E-state index is -0.202. The third-order valence-electron chi connectivity index (χ3n) is 3.44. The second-order valence-corrected chi connectivity index (χ2v) is 4.73. The predicted molar refractivity (Wildman–Crippen MR) is 75.2 cm³/mol. The zero-order chi connectivity index (χ0) is 14.4. The van der Waals surface area contributed by atoms with Gasteiger partial charge in [0.1, 0.15) is 5.75 Å². The number of hydrogen-bond donors (Lipinski definition) is 1. The Hall–Kier alpha value is -1.55. The molecule has 2 unspecified atom stereocenters. The van der Waals surface area contributed by atoms with Gasteiger partial charge in [-0.1, -0.05) is 25.1 Å². The van der Waals surface area contributed by atoms with Crippen molar-refractivity contribution in [3.63, 3.8) is 0 Å². The van der Waals surface area contributed by atoms with Gasteiger partial charge in [0, 0.05) is 17.6 Å². The third-order valence-corrected chi connectivity index (χ3v) is 3.44. The molecule has 0 heterocycles. The van der Waals surface area contributed by atoms with E-state index in [1.165, 1.54) is 7.11 Å². The number of hydrogen-bond acceptors (Lipinski definition) is 4. The van der Waals surface area contributed by atoms with Gasteiger partial charge in [-0.05, 0) is 19.9 Å². The summed E-state index contributed by atoms with van der Waals surface area (Å²) in [5, 5.41) is 3.40. The van der Waals surface area contributed by atoms with Crippen molar-refractivity contribution >= 4 is 5.97 Å². The molecule has 4 nitrogen and oxygen atoms in total. The summed E-state index contributed by atoms with van der Waals surface area (Å²) in [7, 11) is 3.07. The molecular formula is C15H23NO3. The predicted octanol–water partition coefficient (Wildman–Crippen LogP) is 2.54. The average Bonchev–Trinajstić information content (AvgIpc) is 2.45. The lowest BCUT2D eigenvalue weighted by molar-refractivity contribution is -0.145. The maximum Gasteiger partial charge on any atom is 0.309 e. The van der Waals surface area contributed by atoms with Gasteiger partial charge in [-0.3, -0.25) is 4.79 Å². The van der Waals surface area contributed by atoms with Crippen LogP contribution in [-0.4, -0.2) is 26.2 Å². The number of ether oxygens (including phenoxy) is 2. The van der Waals surface area contributed by atoms with Crippen molar-refractivity contribution in [1.82, 2.24) is 5.32 Å². The molecule has 19 heavy (non-hydrogen) atoms. The van der Waals surface area contributed by atoms with Gasteiger partial charge in [0.2, 0.25) is 0 Å². The van der Waals surface area contributed by atoms with Crippen molar-refractivity contribution < 1.29 is 14.3 Å². The van der Waals surface area contributed by atoms with Crippen LogP contribution in [0.1, 0.15) is 32.4 Å². The van der Waals surface area contributed by atoms with Crippen LogP contribution in [-0.2, 0) is 9.53 Å². The number of nitrogens with one attached hydrogen (secondary N) is 1. The molecular weight excluding hydrogens is 242 g/mol. The number of carbonyl (C=O) groups excluding carboxylic acids is 1. The Bertz CT molecular complexity index is 420. The number of rotatable bonds is 6. The number of esters is 1. The summed E-state index contributed by atoms with van der Waals surface area (Å²) in [5.41, 5.74) is 1.08. The summed E-state index contributed by atoms with van der Waals surface area (Å²) in [6.45, 7) is 5.89. The van der Waals surface area contributed by atoms with Crippen molar-refractivity contribution in [3.05, 3.63) is 29.8 Å². The van der Waals surface area contributed by atoms with Crippen molar-refractivity contribution in [2.24, 2.45) is 5.92 Å². The second kappa shape index (κ2) is 7.14. The molecule has 4 heteroatoms. The Morgan fingerprint density at radius 2 is 1.79 bits per heavy atom. The number of para-hydroxylation sites is 1. The normalized spacial score (nSPS) is 15.4. The van der Waals surface area contributed by atoms with Gasteiger partial charge in [-0.25, -0.2) is 0 Å². The van der Waals surface area contributed by atoms with Crippen molar-refractivity contribution in [2.75, 3.05) is 14.2 Å². The summed E-state index contributed by atoms with van der Waals surface area (Å²) >= 11 is 0. The Labute approximate surface area is 115 Å². The van der Waals surface area contributed by atoms with E-state index in [2.05, 4.69) is 12.2 Å². The van der Waals surface area contributed by atoms with Gasteiger partial charge >= 0.3 is 5.97 Å². The van der Waals surface area contributed by atoms with Crippen LogP contribution >= 0.6 is 0 Å². The quantitative estimate of drug-likeness (QED) is 0.803. The van der Waals surface area contributed by atoms with Crippen LogP contribution < -0.4 is 10.1 Å². The summed E-state index contributed by atoms with van der Waals surface area (Å²) in [4.78, 5) is 11.5. The summed E-state index contributed by atoms with van der Waals surface area (Å²) in [6, 6.07) is 7.99. The zero-order valence-corrected chi connectivity index (χ0v) is 12.3. The highest BCUT2D eigenvalue weighted by molar-refractivity contribution is 5.72. The van der Waals surface area contributed by atoms with Crippen LogP contribution in [0, 0.1) is 5.92 Å². The van der Waals surface area contributed by atoms with E-state index in [4.69, 9.17) is 9.47 Å². The fourth-order valence-corrected chi connectivity index (χ4v) is 2.04. The van der Waals surface area contributed by atoms with E-state index in [9.17, 15) is 4.79 Å². The molecule has 1 N–H and O–H groups in total. The number of methoxy groups -OCH3 is 2. The molecule has 0 bridgehead atoms. The average molecular weight is 265 g/mol. The lowest BCUT2D eigenvalue weighted by atomic mass is 10.0. The number of carbonyl (C=O) groups is 1.